The molecule has 5 rings (SSSR count). The standard InChI is InChI=1S/C36H48N6O3Si/c1-34(2,3)45-33(43)42-18-12-15-30(42)26-13-10-11-14-29(26)41-32-38-17-16-28(40-32)24-19-25(21-37)31-27(20-24)36(7,22-39-31)23-44-46(8,9)35(4,5)6/h10-11,13-14,16-17,19-20,30,39H,12,15,18,22-23H2,1-9H3,(H,38,40,41)/t30?,36-/m1/s1. The summed E-state index contributed by atoms with van der Waals surface area (Å²) in [6.07, 6.45) is 3.17. The Kier molecular flexibility index (Phi) is 8.97. The number of nitrogens with one attached hydrogen (secondary N) is 2. The van der Waals surface area contributed by atoms with Gasteiger partial charge in [0.05, 0.1) is 23.0 Å². The molecule has 1 saturated heterocycles. The van der Waals surface area contributed by atoms with Crippen LogP contribution in [-0.4, -0.2) is 54.6 Å². The van der Waals surface area contributed by atoms with Gasteiger partial charge in [0.25, 0.3) is 0 Å². The number of anilines is 3. The molecule has 9 nitrogen and oxygen atoms in total. The Morgan fingerprint density at radius 1 is 1.17 bits per heavy atom. The predicted octanol–water partition coefficient (Wildman–Crippen LogP) is 8.54. The van der Waals surface area contributed by atoms with Crippen molar-refractivity contribution in [1.82, 2.24) is 14.9 Å². The first-order valence-corrected chi connectivity index (χ1v) is 19.1. The SMILES string of the molecule is CC(C)(C)OC(=O)N1CCCC1c1ccccc1Nc1nccc(-c2cc(C#N)c3c(c2)[C@@](C)(CO[Si](C)(C)C(C)(C)C)CN3)n1. The summed E-state index contributed by atoms with van der Waals surface area (Å²) in [4.78, 5) is 24.3. The predicted molar refractivity (Wildman–Crippen MR) is 186 cm³/mol. The fourth-order valence-corrected chi connectivity index (χ4v) is 6.95. The monoisotopic (exact) mass is 640 g/mol. The minimum atomic E-state index is -1.97. The lowest BCUT2D eigenvalue weighted by molar-refractivity contribution is 0.0225. The Labute approximate surface area is 274 Å². The number of carbonyl (C=O) groups excluding carboxylic acids is 1. The molecule has 0 saturated carbocycles. The van der Waals surface area contributed by atoms with Gasteiger partial charge in [-0.2, -0.15) is 5.26 Å². The lowest BCUT2D eigenvalue weighted by Gasteiger charge is -2.39. The number of hydrogen-bond acceptors (Lipinski definition) is 8. The molecule has 10 heteroatoms. The van der Waals surface area contributed by atoms with Crippen LogP contribution in [0, 0.1) is 11.3 Å². The molecule has 2 aliphatic rings. The number of nitrogens with zero attached hydrogens (tertiary/aromatic N) is 4. The number of rotatable bonds is 7. The lowest BCUT2D eigenvalue weighted by atomic mass is 9.83. The normalized spacial score (nSPS) is 19.7. The number of amides is 1. The molecule has 2 aromatic carbocycles. The van der Waals surface area contributed by atoms with E-state index >= 15 is 0 Å². The number of para-hydroxylation sites is 1. The van der Waals surface area contributed by atoms with Gasteiger partial charge in [0.2, 0.25) is 5.95 Å². The average Bonchev–Trinajstić information content (AvgIpc) is 3.60. The zero-order valence-corrected chi connectivity index (χ0v) is 29.7. The minimum Gasteiger partial charge on any atom is -0.444 e. The van der Waals surface area contributed by atoms with Crippen LogP contribution in [0.2, 0.25) is 18.1 Å². The number of ether oxygens (including phenoxy) is 1. The van der Waals surface area contributed by atoms with Gasteiger partial charge in [0.1, 0.15) is 11.7 Å². The number of aromatic nitrogens is 2. The van der Waals surface area contributed by atoms with Crippen molar-refractivity contribution in [3.8, 4) is 17.3 Å². The molecule has 1 aromatic heterocycles. The molecule has 2 N–H and O–H groups in total. The molecule has 2 atom stereocenters. The molecular weight excluding hydrogens is 593 g/mol. The topological polar surface area (TPSA) is 112 Å². The van der Waals surface area contributed by atoms with Crippen molar-refractivity contribution in [3.63, 3.8) is 0 Å². The van der Waals surface area contributed by atoms with Crippen molar-refractivity contribution < 1.29 is 14.0 Å². The first kappa shape index (κ1) is 33.4. The van der Waals surface area contributed by atoms with Crippen molar-refractivity contribution in [3.05, 3.63) is 65.4 Å². The molecule has 0 spiro atoms. The first-order chi connectivity index (χ1) is 21.5. The maximum atomic E-state index is 13.1. The van der Waals surface area contributed by atoms with E-state index in [2.05, 4.69) is 68.5 Å². The average molecular weight is 641 g/mol. The zero-order chi connectivity index (χ0) is 33.5. The Morgan fingerprint density at radius 3 is 2.61 bits per heavy atom. The molecule has 3 heterocycles. The fourth-order valence-electron chi connectivity index (χ4n) is 5.84. The molecule has 0 bridgehead atoms. The van der Waals surface area contributed by atoms with Crippen LogP contribution in [0.25, 0.3) is 11.3 Å². The van der Waals surface area contributed by atoms with E-state index in [0.29, 0.717) is 36.9 Å². The number of hydrogen-bond donors (Lipinski definition) is 2. The summed E-state index contributed by atoms with van der Waals surface area (Å²) in [5.41, 5.74) is 5.07. The van der Waals surface area contributed by atoms with Crippen LogP contribution in [0.3, 0.4) is 0 Å². The van der Waals surface area contributed by atoms with Crippen LogP contribution in [0.1, 0.15) is 84.0 Å². The zero-order valence-electron chi connectivity index (χ0n) is 28.7. The van der Waals surface area contributed by atoms with Crippen molar-refractivity contribution in [2.24, 2.45) is 0 Å². The van der Waals surface area contributed by atoms with Crippen LogP contribution >= 0.6 is 0 Å². The van der Waals surface area contributed by atoms with E-state index in [1.54, 1.807) is 6.20 Å². The van der Waals surface area contributed by atoms with Gasteiger partial charge < -0.3 is 24.7 Å². The van der Waals surface area contributed by atoms with E-state index in [-0.39, 0.29) is 22.6 Å². The molecule has 1 unspecified atom stereocenters. The van der Waals surface area contributed by atoms with Crippen molar-refractivity contribution in [2.45, 2.75) is 96.5 Å². The molecule has 0 radical (unpaired) electrons. The van der Waals surface area contributed by atoms with Gasteiger partial charge in [-0.1, -0.05) is 45.9 Å². The lowest BCUT2D eigenvalue weighted by Crippen LogP contribution is -2.45. The summed E-state index contributed by atoms with van der Waals surface area (Å²) in [6.45, 7) is 21.1. The van der Waals surface area contributed by atoms with Gasteiger partial charge in [0, 0.05) is 42.6 Å². The number of benzene rings is 2. The van der Waals surface area contributed by atoms with Crippen molar-refractivity contribution in [1.29, 1.82) is 5.26 Å². The molecule has 0 aliphatic carbocycles. The van der Waals surface area contributed by atoms with E-state index < -0.39 is 13.9 Å². The maximum absolute atomic E-state index is 13.1. The molecule has 3 aromatic rings. The maximum Gasteiger partial charge on any atom is 0.410 e. The van der Waals surface area contributed by atoms with E-state index in [4.69, 9.17) is 14.1 Å². The van der Waals surface area contributed by atoms with Gasteiger partial charge in [-0.3, -0.25) is 0 Å². The number of likely N-dealkylation sites (tertiary alicyclic amines) is 1. The van der Waals surface area contributed by atoms with E-state index in [1.165, 1.54) is 0 Å². The van der Waals surface area contributed by atoms with Gasteiger partial charge in [0.15, 0.2) is 8.32 Å². The number of fused-ring (bicyclic) bond motifs is 1. The minimum absolute atomic E-state index is 0.104. The van der Waals surface area contributed by atoms with Gasteiger partial charge in [-0.25, -0.2) is 14.8 Å². The summed E-state index contributed by atoms with van der Waals surface area (Å²) in [5.74, 6) is 0.438. The quantitative estimate of drug-likeness (QED) is 0.247. The molecular formula is C36H48N6O3Si. The molecule has 1 amide bonds. The number of nitriles is 1. The second kappa shape index (κ2) is 12.3. The van der Waals surface area contributed by atoms with Crippen LogP contribution in [-0.2, 0) is 14.6 Å². The Morgan fingerprint density at radius 2 is 1.91 bits per heavy atom. The molecule has 1 fully saturated rings. The highest BCUT2D eigenvalue weighted by Gasteiger charge is 2.42. The van der Waals surface area contributed by atoms with Gasteiger partial charge >= 0.3 is 6.09 Å². The third-order valence-electron chi connectivity index (χ3n) is 9.52. The van der Waals surface area contributed by atoms with Gasteiger partial charge in [-0.15, -0.1) is 0 Å². The third kappa shape index (κ3) is 6.91. The smallest absolute Gasteiger partial charge is 0.410 e. The molecule has 2 aliphatic heterocycles. The summed E-state index contributed by atoms with van der Waals surface area (Å²) in [6, 6.07) is 16.2. The number of carbonyl (C=O) groups is 1. The second-order valence-corrected chi connectivity index (χ2v) is 20.1. The summed E-state index contributed by atoms with van der Waals surface area (Å²) < 4.78 is 12.4. The van der Waals surface area contributed by atoms with Crippen molar-refractivity contribution in [2.75, 3.05) is 30.3 Å². The van der Waals surface area contributed by atoms with Crippen LogP contribution in [0.5, 0.6) is 0 Å². The van der Waals surface area contributed by atoms with E-state index in [1.807, 2.05) is 62.1 Å². The van der Waals surface area contributed by atoms with Crippen LogP contribution in [0.4, 0.5) is 22.1 Å². The first-order valence-electron chi connectivity index (χ1n) is 16.2. The van der Waals surface area contributed by atoms with Crippen LogP contribution < -0.4 is 10.6 Å². The van der Waals surface area contributed by atoms with Crippen LogP contribution in [0.15, 0.2) is 48.7 Å². The highest BCUT2D eigenvalue weighted by atomic mass is 28.4. The Bertz CT molecular complexity index is 1650. The second-order valence-electron chi connectivity index (χ2n) is 15.3. The highest BCUT2D eigenvalue weighted by Crippen LogP contribution is 2.44. The summed E-state index contributed by atoms with van der Waals surface area (Å²) >= 11 is 0. The molecule has 244 valence electrons. The Hall–Kier alpha value is -3.94. The third-order valence-corrected chi connectivity index (χ3v) is 14.0. The fraction of sp³-hybridized carbons (Fsp3) is 0.500. The summed E-state index contributed by atoms with van der Waals surface area (Å²) in [5, 5.41) is 17.1. The largest absolute Gasteiger partial charge is 0.444 e. The Balaban J connectivity index is 1.43. The highest BCUT2D eigenvalue weighted by molar-refractivity contribution is 6.74. The van der Waals surface area contributed by atoms with Gasteiger partial charge in [-0.05, 0) is 87.1 Å². The van der Waals surface area contributed by atoms with Crippen molar-refractivity contribution >= 4 is 31.7 Å². The summed E-state index contributed by atoms with van der Waals surface area (Å²) in [7, 11) is -1.97. The molecule has 46 heavy (non-hydrogen) atoms. The van der Waals surface area contributed by atoms with E-state index in [0.717, 1.165) is 40.9 Å². The van der Waals surface area contributed by atoms with E-state index in [9.17, 15) is 10.1 Å².